The highest BCUT2D eigenvalue weighted by molar-refractivity contribution is 8.13. The van der Waals surface area contributed by atoms with Crippen molar-refractivity contribution < 1.29 is 80.5 Å². The number of phosphoric ester groups is 3. The molecule has 0 radical (unpaired) electrons. The smallest absolute Gasteiger partial charge is 0.386 e. The molecule has 0 saturated carbocycles. The van der Waals surface area contributed by atoms with Gasteiger partial charge in [0.25, 0.3) is 0 Å². The molecule has 51 heavy (non-hydrogen) atoms. The molecule has 2 aromatic heterocycles. The van der Waals surface area contributed by atoms with Crippen molar-refractivity contribution >= 4 is 69.1 Å². The maximum atomic E-state index is 12.6. The van der Waals surface area contributed by atoms with E-state index in [1.54, 1.807) is 0 Å². The molecular formula is C23H38N7O17P3S. The summed E-state index contributed by atoms with van der Waals surface area (Å²) in [6.07, 6.45) is -6.88. The molecule has 2 aromatic rings. The molecule has 10 N–H and O–H groups in total. The second-order valence-electron chi connectivity index (χ2n) is 11.4. The van der Waals surface area contributed by atoms with Crippen LogP contribution in [0.3, 0.4) is 0 Å². The number of nitrogens with one attached hydrogen (secondary N) is 2. The number of fused-ring (bicyclic) bond motifs is 1. The minimum absolute atomic E-state index is 0.0310. The van der Waals surface area contributed by atoms with Crippen LogP contribution in [0.4, 0.5) is 5.82 Å². The van der Waals surface area contributed by atoms with Gasteiger partial charge in [-0.25, -0.2) is 28.6 Å². The van der Waals surface area contributed by atoms with Gasteiger partial charge in [-0.1, -0.05) is 25.6 Å². The molecule has 0 spiro atoms. The van der Waals surface area contributed by atoms with E-state index in [4.69, 9.17) is 19.5 Å². The van der Waals surface area contributed by atoms with Crippen molar-refractivity contribution in [2.45, 2.75) is 57.8 Å². The molecule has 0 aromatic carbocycles. The second kappa shape index (κ2) is 17.6. The maximum Gasteiger partial charge on any atom is 0.481 e. The Morgan fingerprint density at radius 2 is 1.75 bits per heavy atom. The van der Waals surface area contributed by atoms with E-state index in [-0.39, 0.29) is 41.6 Å². The van der Waals surface area contributed by atoms with Crippen molar-refractivity contribution in [3.63, 3.8) is 0 Å². The molecule has 1 fully saturated rings. The Labute approximate surface area is 293 Å². The predicted molar refractivity (Wildman–Crippen MR) is 173 cm³/mol. The number of thioether (sulfide) groups is 1. The Hall–Kier alpha value is -2.44. The molecule has 3 rings (SSSR count). The van der Waals surface area contributed by atoms with Crippen LogP contribution < -0.4 is 16.4 Å². The number of rotatable bonds is 19. The number of nitrogens with zero attached hydrogens (tertiary/aromatic N) is 4. The lowest BCUT2D eigenvalue weighted by Gasteiger charge is -2.30. The fraction of sp³-hybridized carbons (Fsp3) is 0.652. The van der Waals surface area contributed by atoms with E-state index in [0.29, 0.717) is 5.75 Å². The van der Waals surface area contributed by atoms with E-state index < -0.39 is 84.6 Å². The first-order valence-corrected chi connectivity index (χ1v) is 20.0. The molecule has 28 heteroatoms. The van der Waals surface area contributed by atoms with Gasteiger partial charge in [-0.05, 0) is 0 Å². The number of amides is 2. The minimum atomic E-state index is -5.56. The number of nitrogens with two attached hydrogens (primary N) is 1. The highest BCUT2D eigenvalue weighted by Gasteiger charge is 2.50. The highest BCUT2D eigenvalue weighted by Crippen LogP contribution is 2.61. The van der Waals surface area contributed by atoms with E-state index in [9.17, 15) is 57.9 Å². The second-order valence-corrected chi connectivity index (χ2v) is 16.9. The number of nitrogen functional groups attached to an aromatic ring is 1. The Balaban J connectivity index is 1.55. The molecule has 0 aliphatic carbocycles. The van der Waals surface area contributed by atoms with Crippen molar-refractivity contribution in [2.24, 2.45) is 5.41 Å². The average molecular weight is 811 g/mol. The lowest BCUT2D eigenvalue weighted by atomic mass is 9.87. The number of carbonyl (C=O) groups is 3. The first-order valence-electron chi connectivity index (χ1n) is 14.5. The van der Waals surface area contributed by atoms with E-state index >= 15 is 0 Å². The van der Waals surface area contributed by atoms with Crippen molar-refractivity contribution in [3.8, 4) is 0 Å². The van der Waals surface area contributed by atoms with E-state index in [0.717, 1.165) is 29.0 Å². The summed E-state index contributed by atoms with van der Waals surface area (Å²) in [6, 6.07) is 0. The van der Waals surface area contributed by atoms with E-state index in [1.807, 2.05) is 0 Å². The number of hydrogen-bond donors (Lipinski definition) is 9. The van der Waals surface area contributed by atoms with Crippen molar-refractivity contribution in [1.29, 1.82) is 0 Å². The number of imidazole rings is 1. The third kappa shape index (κ3) is 12.9. The minimum Gasteiger partial charge on any atom is -0.386 e. The Morgan fingerprint density at radius 3 is 2.39 bits per heavy atom. The molecule has 1 saturated heterocycles. The van der Waals surface area contributed by atoms with Crippen LogP contribution in [0.2, 0.25) is 0 Å². The summed E-state index contributed by atoms with van der Waals surface area (Å²) in [5, 5.41) is 26.1. The fourth-order valence-electron chi connectivity index (χ4n) is 4.32. The third-order valence-electron chi connectivity index (χ3n) is 6.81. The molecule has 4 unspecified atom stereocenters. The van der Waals surface area contributed by atoms with Gasteiger partial charge in [0.15, 0.2) is 22.8 Å². The zero-order chi connectivity index (χ0) is 38.4. The van der Waals surface area contributed by atoms with Crippen molar-refractivity contribution in [3.05, 3.63) is 12.7 Å². The van der Waals surface area contributed by atoms with Gasteiger partial charge in [0, 0.05) is 37.6 Å². The number of aliphatic hydroxyl groups is 2. The van der Waals surface area contributed by atoms with Crippen LogP contribution in [0.1, 0.15) is 33.4 Å². The summed E-state index contributed by atoms with van der Waals surface area (Å²) < 4.78 is 61.8. The van der Waals surface area contributed by atoms with Crippen LogP contribution in [0, 0.1) is 5.41 Å². The molecule has 3 heterocycles. The number of anilines is 1. The van der Waals surface area contributed by atoms with E-state index in [2.05, 4.69) is 34.4 Å². The summed E-state index contributed by atoms with van der Waals surface area (Å²) in [5.41, 5.74) is 4.26. The van der Waals surface area contributed by atoms with Crippen molar-refractivity contribution in [2.75, 3.05) is 37.8 Å². The molecule has 2 amide bonds. The van der Waals surface area contributed by atoms with Gasteiger partial charge >= 0.3 is 23.5 Å². The quantitative estimate of drug-likeness (QED) is 0.0451. The highest BCUT2D eigenvalue weighted by atomic mass is 32.2. The summed E-state index contributed by atoms with van der Waals surface area (Å²) in [5.74, 6) is -1.08. The van der Waals surface area contributed by atoms with Gasteiger partial charge < -0.3 is 50.9 Å². The number of phosphoric acid groups is 3. The van der Waals surface area contributed by atoms with Crippen LogP contribution in [-0.4, -0.2) is 123 Å². The van der Waals surface area contributed by atoms with Gasteiger partial charge in [-0.15, -0.1) is 0 Å². The SMILES string of the molecule is C[13C](=O)SCCNC(=O)CCNC(=O)C(O)C(C)(C)COP(=O)(O)OP(=O)(O)OC[C@H]1O[C@@H](n2cnc3c(N)ncnc32)C(O)[C@@H]1OP(=O)(O)O. The normalized spacial score (nSPS) is 22.6. The summed E-state index contributed by atoms with van der Waals surface area (Å²) in [4.78, 5) is 85.9. The number of carbonyl (C=O) groups excluding carboxylic acids is 3. The largest absolute Gasteiger partial charge is 0.481 e. The summed E-state index contributed by atoms with van der Waals surface area (Å²) in [6.45, 7) is 1.90. The Morgan fingerprint density at radius 1 is 1.08 bits per heavy atom. The monoisotopic (exact) mass is 810 g/mol. The van der Waals surface area contributed by atoms with Gasteiger partial charge in [-0.2, -0.15) is 4.31 Å². The molecule has 288 valence electrons. The molecular weight excluding hydrogens is 772 g/mol. The molecule has 1 aliphatic rings. The topological polar surface area (TPSA) is 364 Å². The van der Waals surface area contributed by atoms with Crippen LogP contribution in [0.15, 0.2) is 12.7 Å². The number of hydrogen-bond acceptors (Lipinski definition) is 18. The summed E-state index contributed by atoms with van der Waals surface area (Å²) in [7, 11) is -16.4. The first-order chi connectivity index (χ1) is 23.5. The fourth-order valence-corrected chi connectivity index (χ4v) is 7.65. The Bertz CT molecular complexity index is 1710. The number of aromatic nitrogens is 4. The lowest BCUT2D eigenvalue weighted by Crippen LogP contribution is -2.46. The number of ether oxygens (including phenoxy) is 1. The number of aliphatic hydroxyl groups excluding tert-OH is 2. The zero-order valence-corrected chi connectivity index (χ0v) is 30.6. The Kier molecular flexibility index (Phi) is 14.8. The van der Waals surface area contributed by atoms with Crippen LogP contribution in [-0.2, 0) is 50.7 Å². The first kappa shape index (κ1) is 43.0. The van der Waals surface area contributed by atoms with Gasteiger partial charge in [0.1, 0.15) is 36.3 Å². The predicted octanol–water partition coefficient (Wildman–Crippen LogP) is -1.32. The average Bonchev–Trinajstić information content (AvgIpc) is 3.57. The van der Waals surface area contributed by atoms with E-state index in [1.165, 1.54) is 20.8 Å². The molecule has 7 atom stereocenters. The standard InChI is InChI=1S/C23H38N7O17P3S/c1-12(31)51-7-6-25-14(32)4-5-26-21(35)18(34)23(2,3)9-44-50(41,42)47-49(39,40)43-8-13-17(46-48(36,37)38)16(33)22(45-13)30-11-29-15-19(24)27-10-28-20(15)30/h10-11,13,16-18,22,33-34H,4-9H2,1-3H3,(H,25,32)(H,26,35)(H,39,40)(H,41,42)(H2,24,27,28)(H2,36,37,38)/t13-,16?,17-,18?,22-/m1/s1/i12+1. The van der Waals surface area contributed by atoms with Gasteiger partial charge in [0.05, 0.1) is 19.5 Å². The van der Waals surface area contributed by atoms with Gasteiger partial charge in [-0.3, -0.25) is 32.5 Å². The van der Waals surface area contributed by atoms with Crippen LogP contribution in [0.25, 0.3) is 11.2 Å². The third-order valence-corrected chi connectivity index (χ3v) is 10.7. The maximum absolute atomic E-state index is 12.6. The van der Waals surface area contributed by atoms with Crippen LogP contribution >= 0.6 is 35.2 Å². The van der Waals surface area contributed by atoms with Crippen molar-refractivity contribution in [1.82, 2.24) is 30.2 Å². The summed E-state index contributed by atoms with van der Waals surface area (Å²) >= 11 is 1.03. The zero-order valence-electron chi connectivity index (χ0n) is 27.1. The molecule has 0 bridgehead atoms. The molecule has 24 nitrogen and oxygen atoms in total. The van der Waals surface area contributed by atoms with Gasteiger partial charge in [0.2, 0.25) is 11.8 Å². The molecule has 1 aliphatic heterocycles. The van der Waals surface area contributed by atoms with Crippen LogP contribution in [0.5, 0.6) is 0 Å². The lowest BCUT2D eigenvalue weighted by molar-refractivity contribution is -0.137.